The fraction of sp³-hybridized carbons (Fsp3) is 0.333. The number of carbonyl (C=O) groups excluding carboxylic acids is 1. The Morgan fingerprint density at radius 2 is 2.32 bits per heavy atom. The number of rotatable bonds is 4. The average molecular weight is 356 g/mol. The first-order valence-electron chi connectivity index (χ1n) is 8.40. The lowest BCUT2D eigenvalue weighted by atomic mass is 10.1. The van der Waals surface area contributed by atoms with Crippen molar-refractivity contribution < 1.29 is 9.21 Å². The zero-order valence-corrected chi connectivity index (χ0v) is 15.1. The maximum Gasteiger partial charge on any atom is 0.319 e. The van der Waals surface area contributed by atoms with E-state index in [4.69, 9.17) is 4.42 Å². The van der Waals surface area contributed by atoms with E-state index >= 15 is 0 Å². The Morgan fingerprint density at radius 3 is 3.12 bits per heavy atom. The van der Waals surface area contributed by atoms with Crippen LogP contribution in [0.2, 0.25) is 0 Å². The summed E-state index contributed by atoms with van der Waals surface area (Å²) < 4.78 is 8.05. The van der Waals surface area contributed by atoms with Gasteiger partial charge < -0.3 is 19.6 Å². The highest BCUT2D eigenvalue weighted by atomic mass is 32.2. The minimum atomic E-state index is -0.264. The Morgan fingerprint density at radius 1 is 1.44 bits per heavy atom. The van der Waals surface area contributed by atoms with Crippen LogP contribution >= 0.6 is 11.8 Å². The highest BCUT2D eigenvalue weighted by molar-refractivity contribution is 7.99. The van der Waals surface area contributed by atoms with Crippen molar-refractivity contribution in [3.05, 3.63) is 41.4 Å². The third-order valence-corrected chi connectivity index (χ3v) is 5.39. The largest absolute Gasteiger partial charge is 0.459 e. The van der Waals surface area contributed by atoms with Crippen LogP contribution in [-0.2, 0) is 19.5 Å². The van der Waals surface area contributed by atoms with E-state index in [1.54, 1.807) is 11.8 Å². The average Bonchev–Trinajstić information content (AvgIpc) is 3.27. The van der Waals surface area contributed by atoms with Crippen molar-refractivity contribution in [3.8, 4) is 0 Å². The molecule has 130 valence electrons. The number of imidazole rings is 1. The summed E-state index contributed by atoms with van der Waals surface area (Å²) in [6, 6.07) is 5.53. The first-order chi connectivity index (χ1) is 12.2. The predicted molar refractivity (Wildman–Crippen MR) is 99.1 cm³/mol. The molecule has 4 rings (SSSR count). The van der Waals surface area contributed by atoms with Crippen LogP contribution in [0.25, 0.3) is 11.0 Å². The van der Waals surface area contributed by atoms with Gasteiger partial charge in [-0.2, -0.15) is 0 Å². The lowest BCUT2D eigenvalue weighted by Crippen LogP contribution is -2.28. The van der Waals surface area contributed by atoms with E-state index in [2.05, 4.69) is 27.1 Å². The standard InChI is InChI=1S/C18H20N4O2S/c1-3-15-11(2)13-5-4-6-14(16(13)24-15)21-17(23)19-9-12-10-22-7-8-25-18(22)20-12/h4-6,10H,3,7-9H2,1-2H3,(H2,19,21,23). The number of aromatic nitrogens is 2. The van der Waals surface area contributed by atoms with E-state index in [0.29, 0.717) is 12.2 Å². The minimum Gasteiger partial charge on any atom is -0.459 e. The summed E-state index contributed by atoms with van der Waals surface area (Å²) in [5, 5.41) is 7.81. The van der Waals surface area contributed by atoms with E-state index in [1.165, 1.54) is 0 Å². The van der Waals surface area contributed by atoms with Crippen LogP contribution in [0.3, 0.4) is 0 Å². The lowest BCUT2D eigenvalue weighted by molar-refractivity contribution is 0.251. The van der Waals surface area contributed by atoms with Gasteiger partial charge in [0.15, 0.2) is 10.7 Å². The zero-order valence-electron chi connectivity index (χ0n) is 14.3. The number of para-hydroxylation sites is 1. The number of aryl methyl sites for hydroxylation is 3. The quantitative estimate of drug-likeness (QED) is 0.743. The van der Waals surface area contributed by atoms with Crippen molar-refractivity contribution >= 4 is 34.4 Å². The first-order valence-corrected chi connectivity index (χ1v) is 9.39. The maximum atomic E-state index is 12.3. The van der Waals surface area contributed by atoms with Gasteiger partial charge in [-0.25, -0.2) is 9.78 Å². The normalized spacial score (nSPS) is 13.2. The molecule has 7 heteroatoms. The Balaban J connectivity index is 1.46. The number of anilines is 1. The van der Waals surface area contributed by atoms with E-state index < -0.39 is 0 Å². The molecule has 1 aliphatic rings. The monoisotopic (exact) mass is 356 g/mol. The number of amides is 2. The summed E-state index contributed by atoms with van der Waals surface area (Å²) >= 11 is 1.74. The SMILES string of the molecule is CCc1oc2c(NC(=O)NCc3cn4c(n3)SCC4)cccc2c1C. The third-order valence-electron chi connectivity index (χ3n) is 4.42. The molecule has 2 N–H and O–H groups in total. The van der Waals surface area contributed by atoms with Crippen LogP contribution in [-0.4, -0.2) is 21.3 Å². The van der Waals surface area contributed by atoms with Gasteiger partial charge in [0, 0.05) is 30.3 Å². The highest BCUT2D eigenvalue weighted by Gasteiger charge is 2.16. The summed E-state index contributed by atoms with van der Waals surface area (Å²) in [7, 11) is 0. The summed E-state index contributed by atoms with van der Waals surface area (Å²) in [5.41, 5.74) is 3.41. The molecule has 3 heterocycles. The van der Waals surface area contributed by atoms with Crippen LogP contribution < -0.4 is 10.6 Å². The van der Waals surface area contributed by atoms with Crippen molar-refractivity contribution in [2.75, 3.05) is 11.1 Å². The second-order valence-corrected chi connectivity index (χ2v) is 7.11. The Kier molecular flexibility index (Phi) is 4.17. The predicted octanol–water partition coefficient (Wildman–Crippen LogP) is 3.93. The Bertz CT molecular complexity index is 923. The third kappa shape index (κ3) is 3.00. The van der Waals surface area contributed by atoms with Crippen molar-refractivity contribution in [2.45, 2.75) is 38.5 Å². The molecule has 0 saturated heterocycles. The van der Waals surface area contributed by atoms with Gasteiger partial charge in [0.2, 0.25) is 0 Å². The number of thioether (sulfide) groups is 1. The van der Waals surface area contributed by atoms with Gasteiger partial charge in [-0.1, -0.05) is 30.8 Å². The minimum absolute atomic E-state index is 0.264. The molecule has 2 amide bonds. The van der Waals surface area contributed by atoms with Crippen LogP contribution in [0.4, 0.5) is 10.5 Å². The second-order valence-electron chi connectivity index (χ2n) is 6.05. The molecule has 25 heavy (non-hydrogen) atoms. The summed E-state index contributed by atoms with van der Waals surface area (Å²) in [6.45, 7) is 5.49. The molecule has 1 aliphatic heterocycles. The van der Waals surface area contributed by atoms with Crippen molar-refractivity contribution in [1.82, 2.24) is 14.9 Å². The van der Waals surface area contributed by atoms with Gasteiger partial charge in [-0.15, -0.1) is 0 Å². The molecular weight excluding hydrogens is 336 g/mol. The summed E-state index contributed by atoms with van der Waals surface area (Å²) in [5.74, 6) is 2.03. The molecule has 0 saturated carbocycles. The number of furan rings is 1. The molecule has 6 nitrogen and oxygen atoms in total. The van der Waals surface area contributed by atoms with E-state index in [0.717, 1.165) is 51.9 Å². The highest BCUT2D eigenvalue weighted by Crippen LogP contribution is 2.31. The second kappa shape index (κ2) is 6.48. The van der Waals surface area contributed by atoms with E-state index in [-0.39, 0.29) is 6.03 Å². The topological polar surface area (TPSA) is 72.1 Å². The molecule has 0 unspecified atom stereocenters. The zero-order chi connectivity index (χ0) is 17.4. The number of carbonyl (C=O) groups is 1. The molecule has 0 atom stereocenters. The van der Waals surface area contributed by atoms with Gasteiger partial charge >= 0.3 is 6.03 Å². The number of hydrogen-bond donors (Lipinski definition) is 2. The number of nitrogens with zero attached hydrogens (tertiary/aromatic N) is 2. The van der Waals surface area contributed by atoms with Gasteiger partial charge in [-0.3, -0.25) is 0 Å². The molecular formula is C18H20N4O2S. The number of hydrogen-bond acceptors (Lipinski definition) is 4. The van der Waals surface area contributed by atoms with Gasteiger partial charge in [0.25, 0.3) is 0 Å². The van der Waals surface area contributed by atoms with Gasteiger partial charge in [-0.05, 0) is 18.6 Å². The van der Waals surface area contributed by atoms with Crippen molar-refractivity contribution in [1.29, 1.82) is 0 Å². The molecule has 2 aromatic heterocycles. The Labute approximate surface area is 150 Å². The summed E-state index contributed by atoms with van der Waals surface area (Å²) in [6.07, 6.45) is 2.83. The van der Waals surface area contributed by atoms with Gasteiger partial charge in [0.1, 0.15) is 5.76 Å². The number of nitrogens with one attached hydrogen (secondary N) is 2. The number of fused-ring (bicyclic) bond motifs is 2. The molecule has 0 fully saturated rings. The molecule has 0 bridgehead atoms. The lowest BCUT2D eigenvalue weighted by Gasteiger charge is -2.07. The van der Waals surface area contributed by atoms with Crippen LogP contribution in [0.15, 0.2) is 34.0 Å². The van der Waals surface area contributed by atoms with Crippen molar-refractivity contribution in [2.24, 2.45) is 0 Å². The molecule has 1 aromatic carbocycles. The van der Waals surface area contributed by atoms with Crippen LogP contribution in [0.5, 0.6) is 0 Å². The maximum absolute atomic E-state index is 12.3. The fourth-order valence-corrected chi connectivity index (χ4v) is 4.07. The summed E-state index contributed by atoms with van der Waals surface area (Å²) in [4.78, 5) is 16.8. The number of benzene rings is 1. The first kappa shape index (κ1) is 16.1. The molecule has 0 spiro atoms. The fourth-order valence-electron chi connectivity index (χ4n) is 3.11. The molecule has 3 aromatic rings. The molecule has 0 aliphatic carbocycles. The van der Waals surface area contributed by atoms with E-state index in [9.17, 15) is 4.79 Å². The van der Waals surface area contributed by atoms with Crippen LogP contribution in [0, 0.1) is 6.92 Å². The van der Waals surface area contributed by atoms with Crippen LogP contribution in [0.1, 0.15) is 23.9 Å². The van der Waals surface area contributed by atoms with Crippen molar-refractivity contribution in [3.63, 3.8) is 0 Å². The number of urea groups is 1. The Hall–Kier alpha value is -2.41. The smallest absolute Gasteiger partial charge is 0.319 e. The molecule has 0 radical (unpaired) electrons. The van der Waals surface area contributed by atoms with E-state index in [1.807, 2.05) is 31.3 Å². The van der Waals surface area contributed by atoms with Gasteiger partial charge in [0.05, 0.1) is 17.9 Å².